The summed E-state index contributed by atoms with van der Waals surface area (Å²) in [7, 11) is 0. The maximum absolute atomic E-state index is 12.8. The van der Waals surface area contributed by atoms with Gasteiger partial charge in [0.2, 0.25) is 6.54 Å². The van der Waals surface area contributed by atoms with Crippen molar-refractivity contribution in [1.82, 2.24) is 0 Å². The number of fused-ring (bicyclic) bond motifs is 1. The molecule has 0 spiro atoms. The number of hydrogen-bond acceptors (Lipinski definition) is 5. The highest BCUT2D eigenvalue weighted by molar-refractivity contribution is 6.23. The van der Waals surface area contributed by atoms with E-state index in [-0.39, 0.29) is 23.3 Å². The van der Waals surface area contributed by atoms with Gasteiger partial charge in [-0.1, -0.05) is 0 Å². The first-order chi connectivity index (χ1) is 15.2. The standard InChI is InChI=1S/C24H24N2O6/c1-4-26(5-2)18-7-6-17-12-19(24(31)32-20(17)13-18)15(3)22(23(29)30)16-8-10-25(11-9-16)14-21(27)28/h6-13H,4-5,14H2,1-3H3,(H-,27,28,29,30)/p+1. The minimum absolute atomic E-state index is 0.0566. The highest BCUT2D eigenvalue weighted by Gasteiger charge is 2.20. The third-order valence-corrected chi connectivity index (χ3v) is 5.34. The van der Waals surface area contributed by atoms with Gasteiger partial charge in [-0.25, -0.2) is 14.4 Å². The summed E-state index contributed by atoms with van der Waals surface area (Å²) >= 11 is 0. The molecule has 8 heteroatoms. The van der Waals surface area contributed by atoms with Crippen molar-refractivity contribution >= 4 is 39.7 Å². The number of allylic oxidation sites excluding steroid dienone is 1. The highest BCUT2D eigenvalue weighted by atomic mass is 16.4. The number of carbonyl (C=O) groups is 2. The van der Waals surface area contributed by atoms with E-state index in [0.717, 1.165) is 18.8 Å². The van der Waals surface area contributed by atoms with Gasteiger partial charge in [-0.05, 0) is 44.5 Å². The molecule has 32 heavy (non-hydrogen) atoms. The van der Waals surface area contributed by atoms with E-state index in [4.69, 9.17) is 9.52 Å². The fourth-order valence-corrected chi connectivity index (χ4v) is 3.67. The number of rotatable bonds is 8. The molecule has 0 amide bonds. The fourth-order valence-electron chi connectivity index (χ4n) is 3.67. The monoisotopic (exact) mass is 437 g/mol. The van der Waals surface area contributed by atoms with E-state index in [1.165, 1.54) is 29.1 Å². The Hall–Kier alpha value is -3.94. The largest absolute Gasteiger partial charge is 0.478 e. The Morgan fingerprint density at radius 1 is 1.03 bits per heavy atom. The second-order valence-corrected chi connectivity index (χ2v) is 7.30. The molecule has 8 nitrogen and oxygen atoms in total. The first-order valence-corrected chi connectivity index (χ1v) is 10.2. The number of aliphatic carboxylic acids is 2. The Labute approximate surface area is 184 Å². The van der Waals surface area contributed by atoms with Crippen LogP contribution in [0.2, 0.25) is 0 Å². The second-order valence-electron chi connectivity index (χ2n) is 7.30. The van der Waals surface area contributed by atoms with Crippen LogP contribution in [0, 0.1) is 0 Å². The van der Waals surface area contributed by atoms with Crippen molar-refractivity contribution in [2.24, 2.45) is 0 Å². The van der Waals surface area contributed by atoms with Crippen molar-refractivity contribution in [1.29, 1.82) is 0 Å². The molecule has 0 aliphatic heterocycles. The molecule has 3 aromatic rings. The van der Waals surface area contributed by atoms with E-state index in [1.54, 1.807) is 13.0 Å². The van der Waals surface area contributed by atoms with Crippen molar-refractivity contribution < 1.29 is 28.8 Å². The van der Waals surface area contributed by atoms with Gasteiger partial charge in [0.15, 0.2) is 12.4 Å². The lowest BCUT2D eigenvalue weighted by Crippen LogP contribution is -2.37. The SMILES string of the molecule is CCN(CC)c1ccc2cc(/C(C)=C(\C(=O)O)c3cc[n+](CC(=O)O)cc3)c(=O)oc2c1. The number of carboxylic acids is 2. The van der Waals surface area contributed by atoms with Crippen LogP contribution in [-0.4, -0.2) is 35.2 Å². The zero-order chi connectivity index (χ0) is 23.4. The van der Waals surface area contributed by atoms with Gasteiger partial charge in [0.05, 0.1) is 11.1 Å². The van der Waals surface area contributed by atoms with Crippen LogP contribution in [-0.2, 0) is 16.1 Å². The molecule has 0 fully saturated rings. The van der Waals surface area contributed by atoms with Crippen molar-refractivity contribution in [2.75, 3.05) is 18.0 Å². The summed E-state index contributed by atoms with van der Waals surface area (Å²) < 4.78 is 6.96. The molecule has 3 rings (SSSR count). The van der Waals surface area contributed by atoms with Crippen LogP contribution in [0.5, 0.6) is 0 Å². The van der Waals surface area contributed by atoms with Crippen LogP contribution < -0.4 is 15.1 Å². The lowest BCUT2D eigenvalue weighted by molar-refractivity contribution is -0.685. The fraction of sp³-hybridized carbons (Fsp3) is 0.250. The lowest BCUT2D eigenvalue weighted by Gasteiger charge is -2.21. The maximum atomic E-state index is 12.8. The summed E-state index contributed by atoms with van der Waals surface area (Å²) in [5, 5.41) is 19.4. The zero-order valence-electron chi connectivity index (χ0n) is 18.2. The topological polar surface area (TPSA) is 112 Å². The normalized spacial score (nSPS) is 11.8. The number of carboxylic acid groups (broad SMARTS) is 2. The molecule has 2 aromatic heterocycles. The number of aromatic nitrogens is 1. The average molecular weight is 437 g/mol. The van der Waals surface area contributed by atoms with Gasteiger partial charge in [0, 0.05) is 47.9 Å². The second kappa shape index (κ2) is 9.47. The van der Waals surface area contributed by atoms with Crippen LogP contribution in [0.3, 0.4) is 0 Å². The van der Waals surface area contributed by atoms with E-state index in [2.05, 4.69) is 4.90 Å². The summed E-state index contributed by atoms with van der Waals surface area (Å²) in [4.78, 5) is 37.8. The first-order valence-electron chi connectivity index (χ1n) is 10.2. The van der Waals surface area contributed by atoms with Gasteiger partial charge in [0.1, 0.15) is 5.58 Å². The Morgan fingerprint density at radius 2 is 1.69 bits per heavy atom. The maximum Gasteiger partial charge on any atom is 0.370 e. The predicted molar refractivity (Wildman–Crippen MR) is 120 cm³/mol. The summed E-state index contributed by atoms with van der Waals surface area (Å²) in [5.41, 5.74) is 1.47. The van der Waals surface area contributed by atoms with E-state index >= 15 is 0 Å². The van der Waals surface area contributed by atoms with E-state index in [9.17, 15) is 19.5 Å². The highest BCUT2D eigenvalue weighted by Crippen LogP contribution is 2.28. The lowest BCUT2D eigenvalue weighted by atomic mass is 9.96. The third-order valence-electron chi connectivity index (χ3n) is 5.34. The molecule has 1 aromatic carbocycles. The molecular weight excluding hydrogens is 412 g/mol. The van der Waals surface area contributed by atoms with Crippen LogP contribution in [0.15, 0.2) is 58.0 Å². The first kappa shape index (κ1) is 22.7. The molecule has 0 saturated carbocycles. The van der Waals surface area contributed by atoms with E-state index in [0.29, 0.717) is 16.5 Å². The number of benzene rings is 1. The van der Waals surface area contributed by atoms with Gasteiger partial charge in [-0.15, -0.1) is 0 Å². The van der Waals surface area contributed by atoms with Crippen LogP contribution >= 0.6 is 0 Å². The molecular formula is C24H25N2O6+. The van der Waals surface area contributed by atoms with Gasteiger partial charge in [0.25, 0.3) is 0 Å². The Kier molecular flexibility index (Phi) is 6.73. The smallest absolute Gasteiger partial charge is 0.370 e. The Balaban J connectivity index is 2.10. The Bertz CT molecular complexity index is 1250. The summed E-state index contributed by atoms with van der Waals surface area (Å²) in [6.45, 7) is 7.04. The van der Waals surface area contributed by atoms with Crippen LogP contribution in [0.25, 0.3) is 22.1 Å². The summed E-state index contributed by atoms with van der Waals surface area (Å²) in [5.74, 6) is -2.21. The summed E-state index contributed by atoms with van der Waals surface area (Å²) in [6, 6.07) is 10.3. The van der Waals surface area contributed by atoms with Gasteiger partial charge in [-0.3, -0.25) is 0 Å². The van der Waals surface area contributed by atoms with Gasteiger partial charge >= 0.3 is 17.6 Å². The molecule has 0 unspecified atom stereocenters. The van der Waals surface area contributed by atoms with Crippen molar-refractivity contribution in [3.63, 3.8) is 0 Å². The van der Waals surface area contributed by atoms with Crippen LogP contribution in [0.4, 0.5) is 5.69 Å². The number of hydrogen-bond donors (Lipinski definition) is 2. The molecule has 2 N–H and O–H groups in total. The van der Waals surface area contributed by atoms with E-state index < -0.39 is 17.6 Å². The molecule has 0 radical (unpaired) electrons. The quantitative estimate of drug-likeness (QED) is 0.316. The number of pyridine rings is 1. The zero-order valence-corrected chi connectivity index (χ0v) is 18.2. The molecule has 0 bridgehead atoms. The third kappa shape index (κ3) is 4.69. The van der Waals surface area contributed by atoms with Gasteiger partial charge in [-0.2, -0.15) is 4.57 Å². The Morgan fingerprint density at radius 3 is 2.25 bits per heavy atom. The minimum atomic E-state index is -1.20. The number of nitrogens with zero attached hydrogens (tertiary/aromatic N) is 2. The molecule has 0 aliphatic rings. The molecule has 0 aliphatic carbocycles. The van der Waals surface area contributed by atoms with Crippen molar-refractivity contribution in [3.8, 4) is 0 Å². The molecule has 2 heterocycles. The van der Waals surface area contributed by atoms with Gasteiger partial charge < -0.3 is 19.5 Å². The average Bonchev–Trinajstić information content (AvgIpc) is 2.74. The predicted octanol–water partition coefficient (Wildman–Crippen LogP) is 3.03. The number of anilines is 1. The molecule has 0 atom stereocenters. The van der Waals surface area contributed by atoms with Crippen molar-refractivity contribution in [3.05, 3.63) is 70.3 Å². The minimum Gasteiger partial charge on any atom is -0.478 e. The molecule has 166 valence electrons. The van der Waals surface area contributed by atoms with Crippen molar-refractivity contribution in [2.45, 2.75) is 27.3 Å². The van der Waals surface area contributed by atoms with Crippen LogP contribution in [0.1, 0.15) is 31.9 Å². The molecule has 0 saturated heterocycles. The summed E-state index contributed by atoms with van der Waals surface area (Å²) in [6.07, 6.45) is 2.97. The van der Waals surface area contributed by atoms with E-state index in [1.807, 2.05) is 32.0 Å².